The highest BCUT2D eigenvalue weighted by Crippen LogP contribution is 2.47. The van der Waals surface area contributed by atoms with Crippen LogP contribution in [0.5, 0.6) is 17.2 Å². The average Bonchev–Trinajstić information content (AvgIpc) is 3.57. The van der Waals surface area contributed by atoms with Crippen LogP contribution in [0.2, 0.25) is 0 Å². The third-order valence-corrected chi connectivity index (χ3v) is 7.89. The summed E-state index contributed by atoms with van der Waals surface area (Å²) in [6.45, 7) is 1.86. The van der Waals surface area contributed by atoms with Gasteiger partial charge in [-0.3, -0.25) is 4.79 Å². The van der Waals surface area contributed by atoms with Crippen molar-refractivity contribution in [3.8, 4) is 17.2 Å². The Morgan fingerprint density at radius 1 is 0.889 bits per heavy atom. The number of ether oxygens (including phenoxy) is 4. The minimum absolute atomic E-state index is 0.0267. The van der Waals surface area contributed by atoms with Crippen molar-refractivity contribution in [3.63, 3.8) is 0 Å². The number of nitrogen functional groups attached to an aromatic ring is 1. The molecule has 0 bridgehead atoms. The van der Waals surface area contributed by atoms with Crippen LogP contribution in [0.25, 0.3) is 0 Å². The number of hydrogen-bond acceptors (Lipinski definition) is 8. The van der Waals surface area contributed by atoms with Crippen molar-refractivity contribution in [2.75, 3.05) is 50.4 Å². The second-order valence-corrected chi connectivity index (χ2v) is 10.7. The van der Waals surface area contributed by atoms with Crippen molar-refractivity contribution in [1.82, 2.24) is 5.32 Å². The van der Waals surface area contributed by atoms with Gasteiger partial charge in [0.25, 0.3) is 5.91 Å². The van der Waals surface area contributed by atoms with Gasteiger partial charge in [0.2, 0.25) is 5.75 Å². The summed E-state index contributed by atoms with van der Waals surface area (Å²) in [6.07, 6.45) is 0.305. The van der Waals surface area contributed by atoms with Gasteiger partial charge in [-0.1, -0.05) is 42.5 Å². The molecule has 0 spiro atoms. The van der Waals surface area contributed by atoms with Gasteiger partial charge in [-0.05, 0) is 54.4 Å². The average molecular weight is 611 g/mol. The zero-order valence-corrected chi connectivity index (χ0v) is 25.7. The summed E-state index contributed by atoms with van der Waals surface area (Å²) in [5.74, 6) is 1.35. The number of methoxy groups -OCH3 is 3. The standard InChI is InChI=1S/C35H38N4O6/c1-42-30-19-26(22-45-35(41)37-20-23-9-5-4-6-10-23)31(33(44-3)32(30)43-2)25-17-18-39(21-25)27-15-13-24(14-16-27)34(40)38-29-12-8-7-11-28(29)36/h4-16,19,25H,17-18,20-22,36H2,1-3H3,(H,37,41)(H,38,40)/t25-/m1/s1. The monoisotopic (exact) mass is 610 g/mol. The lowest BCUT2D eigenvalue weighted by Crippen LogP contribution is -2.24. The van der Waals surface area contributed by atoms with Crippen molar-refractivity contribution >= 4 is 29.1 Å². The first-order valence-corrected chi connectivity index (χ1v) is 14.7. The number of benzene rings is 4. The van der Waals surface area contributed by atoms with Crippen LogP contribution < -0.4 is 35.5 Å². The Morgan fingerprint density at radius 2 is 1.60 bits per heavy atom. The maximum atomic E-state index is 12.8. The maximum absolute atomic E-state index is 12.8. The minimum Gasteiger partial charge on any atom is -0.493 e. The molecule has 5 rings (SSSR count). The first kappa shape index (κ1) is 31.1. The Morgan fingerprint density at radius 3 is 2.29 bits per heavy atom. The molecule has 0 radical (unpaired) electrons. The number of carbonyl (C=O) groups excluding carboxylic acids is 2. The van der Waals surface area contributed by atoms with Crippen molar-refractivity contribution in [2.24, 2.45) is 0 Å². The molecule has 45 heavy (non-hydrogen) atoms. The van der Waals surface area contributed by atoms with Crippen molar-refractivity contribution in [3.05, 3.63) is 107 Å². The summed E-state index contributed by atoms with van der Waals surface area (Å²) >= 11 is 0. The van der Waals surface area contributed by atoms with E-state index in [2.05, 4.69) is 15.5 Å². The molecule has 10 nitrogen and oxygen atoms in total. The van der Waals surface area contributed by atoms with Crippen LogP contribution in [0.15, 0.2) is 84.9 Å². The molecule has 4 aromatic carbocycles. The van der Waals surface area contributed by atoms with E-state index in [0.29, 0.717) is 47.3 Å². The predicted octanol–water partition coefficient (Wildman–Crippen LogP) is 5.97. The van der Waals surface area contributed by atoms with Crippen LogP contribution in [-0.4, -0.2) is 46.4 Å². The third-order valence-electron chi connectivity index (χ3n) is 7.89. The van der Waals surface area contributed by atoms with E-state index in [1.807, 2.05) is 60.7 Å². The van der Waals surface area contributed by atoms with Crippen LogP contribution in [0.1, 0.15) is 39.4 Å². The molecule has 1 fully saturated rings. The SMILES string of the molecule is COc1cc(COC(=O)NCc2ccccc2)c([C@@H]2CCN(c3ccc(C(=O)Nc4ccccc4N)cc3)C2)c(OC)c1OC. The van der Waals surface area contributed by atoms with Gasteiger partial charge >= 0.3 is 6.09 Å². The van der Waals surface area contributed by atoms with Gasteiger partial charge in [-0.25, -0.2) is 4.79 Å². The molecule has 1 aliphatic heterocycles. The second-order valence-electron chi connectivity index (χ2n) is 10.7. The number of hydrogen-bond donors (Lipinski definition) is 3. The molecule has 4 aromatic rings. The molecular weight excluding hydrogens is 572 g/mol. The first-order chi connectivity index (χ1) is 21.9. The van der Waals surface area contributed by atoms with Crippen LogP contribution in [0.4, 0.5) is 21.9 Å². The molecule has 0 unspecified atom stereocenters. The summed E-state index contributed by atoms with van der Waals surface area (Å²) in [4.78, 5) is 27.7. The number of nitrogens with zero attached hydrogens (tertiary/aromatic N) is 1. The summed E-state index contributed by atoms with van der Waals surface area (Å²) in [5.41, 5.74) is 11.2. The smallest absolute Gasteiger partial charge is 0.407 e. The number of nitrogens with one attached hydrogen (secondary N) is 2. The first-order valence-electron chi connectivity index (χ1n) is 14.7. The Bertz CT molecular complexity index is 1630. The van der Waals surface area contributed by atoms with Crippen LogP contribution >= 0.6 is 0 Å². The minimum atomic E-state index is -0.523. The molecule has 0 aromatic heterocycles. The van der Waals surface area contributed by atoms with Crippen molar-refractivity contribution in [2.45, 2.75) is 25.5 Å². The van der Waals surface area contributed by atoms with E-state index in [-0.39, 0.29) is 18.4 Å². The second kappa shape index (κ2) is 14.4. The largest absolute Gasteiger partial charge is 0.493 e. The number of nitrogens with two attached hydrogens (primary N) is 1. The van der Waals surface area contributed by atoms with Crippen molar-refractivity contribution in [1.29, 1.82) is 0 Å². The van der Waals surface area contributed by atoms with E-state index >= 15 is 0 Å². The molecule has 1 aliphatic rings. The normalized spacial score (nSPS) is 14.0. The lowest BCUT2D eigenvalue weighted by molar-refractivity contribution is 0.102. The number of alkyl carbamates (subject to hydrolysis) is 1. The molecule has 1 atom stereocenters. The fraction of sp³-hybridized carbons (Fsp3) is 0.257. The van der Waals surface area contributed by atoms with Gasteiger partial charge < -0.3 is 40.2 Å². The Kier molecular flexibility index (Phi) is 9.93. The summed E-state index contributed by atoms with van der Waals surface area (Å²) < 4.78 is 22.8. The fourth-order valence-corrected chi connectivity index (χ4v) is 5.62. The number of carbonyl (C=O) groups is 2. The topological polar surface area (TPSA) is 124 Å². The molecule has 234 valence electrons. The van der Waals surface area contributed by atoms with E-state index in [1.165, 1.54) is 0 Å². The third kappa shape index (κ3) is 7.23. The van der Waals surface area contributed by atoms with Gasteiger partial charge in [0.15, 0.2) is 11.5 Å². The maximum Gasteiger partial charge on any atom is 0.407 e. The molecule has 0 aliphatic carbocycles. The molecule has 1 heterocycles. The molecule has 0 saturated carbocycles. The number of para-hydroxylation sites is 2. The van der Waals surface area contributed by atoms with Gasteiger partial charge in [-0.2, -0.15) is 0 Å². The zero-order valence-electron chi connectivity index (χ0n) is 25.7. The highest BCUT2D eigenvalue weighted by Gasteiger charge is 2.32. The van der Waals surface area contributed by atoms with E-state index < -0.39 is 6.09 Å². The number of anilines is 3. The Labute approximate surface area is 263 Å². The van der Waals surface area contributed by atoms with E-state index in [1.54, 1.807) is 45.6 Å². The highest BCUT2D eigenvalue weighted by atomic mass is 16.5. The lowest BCUT2D eigenvalue weighted by Gasteiger charge is -2.24. The Hall–Kier alpha value is -5.38. The molecule has 10 heteroatoms. The van der Waals surface area contributed by atoms with E-state index in [9.17, 15) is 9.59 Å². The van der Waals surface area contributed by atoms with Crippen LogP contribution in [0, 0.1) is 0 Å². The fourth-order valence-electron chi connectivity index (χ4n) is 5.62. The number of rotatable bonds is 11. The molecule has 2 amide bonds. The number of amides is 2. The molecular formula is C35H38N4O6. The van der Waals surface area contributed by atoms with Gasteiger partial charge in [0.1, 0.15) is 6.61 Å². The summed E-state index contributed by atoms with van der Waals surface area (Å²) in [6, 6.07) is 26.1. The summed E-state index contributed by atoms with van der Waals surface area (Å²) in [7, 11) is 4.73. The van der Waals surface area contributed by atoms with E-state index in [0.717, 1.165) is 35.3 Å². The predicted molar refractivity (Wildman–Crippen MR) is 174 cm³/mol. The Balaban J connectivity index is 1.31. The molecule has 1 saturated heterocycles. The quantitative estimate of drug-likeness (QED) is 0.178. The van der Waals surface area contributed by atoms with Crippen molar-refractivity contribution < 1.29 is 28.5 Å². The van der Waals surface area contributed by atoms with Crippen LogP contribution in [-0.2, 0) is 17.9 Å². The zero-order chi connectivity index (χ0) is 31.8. The van der Waals surface area contributed by atoms with Gasteiger partial charge in [0.05, 0.1) is 32.7 Å². The van der Waals surface area contributed by atoms with Gasteiger partial charge in [0, 0.05) is 47.9 Å². The lowest BCUT2D eigenvalue weighted by atomic mass is 9.91. The highest BCUT2D eigenvalue weighted by molar-refractivity contribution is 6.05. The van der Waals surface area contributed by atoms with Crippen LogP contribution in [0.3, 0.4) is 0 Å². The summed E-state index contributed by atoms with van der Waals surface area (Å²) in [5, 5.41) is 5.67. The van der Waals surface area contributed by atoms with E-state index in [4.69, 9.17) is 24.7 Å². The van der Waals surface area contributed by atoms with Gasteiger partial charge in [-0.15, -0.1) is 0 Å². The molecule has 4 N–H and O–H groups in total.